The van der Waals surface area contributed by atoms with E-state index >= 15 is 0 Å². The number of hydrogen-bond donors (Lipinski definition) is 11. The van der Waals surface area contributed by atoms with E-state index in [0.29, 0.717) is 72.7 Å². The summed E-state index contributed by atoms with van der Waals surface area (Å²) < 4.78 is 107. The summed E-state index contributed by atoms with van der Waals surface area (Å²) in [5.41, 5.74) is 17.9. The lowest BCUT2D eigenvalue weighted by Crippen LogP contribution is -2.49. The molecule has 20 atom stereocenters. The van der Waals surface area contributed by atoms with Crippen LogP contribution in [0.5, 0.6) is 0 Å². The Kier molecular flexibility index (Phi) is 40.1. The SMILES string of the molecule is C.C.C.CC(C)NC[C@H]1CC[C@@H]2[C@H](O1)c1cc(Cl)cc(F)c1N[C@H]2c1ccccc1.CN1CCN(C[C@H]2CC[C@@H]3[C@H](O2)c2cc(Cl)cc(F)c2N[C@H]3c2ccccc2)CC1.NC(=O)C1CCN(C[C@H]2CC[C@@H]3[C@H](O2)c2cc(Cl)cc(F)c2N[C@H]3c2ccccc2)CC1.OCCCNC[C@H]1CC[C@@H]2[C@H](O1)c1cc(Cl)cc(F)c1N[C@H]2c1ccccc1.OCCNC[C@H]1CC[C@@H]2[C@H](O1)c1cc(Cl)cc(F)c1N[C@H]2c1ccccc1. The van der Waals surface area contributed by atoms with Crippen molar-refractivity contribution in [2.75, 3.05) is 132 Å². The first-order valence-electron chi connectivity index (χ1n) is 51.5. The van der Waals surface area contributed by atoms with Gasteiger partial charge < -0.3 is 92.0 Å². The quantitative estimate of drug-likeness (QED) is 0.0224. The van der Waals surface area contributed by atoms with Gasteiger partial charge >= 0.3 is 0 Å². The number of likely N-dealkylation sites (N-methyl/N-ethyl adjacent to an activating group) is 1. The summed E-state index contributed by atoms with van der Waals surface area (Å²) in [5, 5.41) is 47.1. The number of halogens is 10. The van der Waals surface area contributed by atoms with Gasteiger partial charge in [-0.3, -0.25) is 9.69 Å². The van der Waals surface area contributed by atoms with Crippen LogP contribution in [-0.4, -0.2) is 173 Å². The van der Waals surface area contributed by atoms with E-state index in [4.69, 9.17) is 97.6 Å². The van der Waals surface area contributed by atoms with Gasteiger partial charge in [0, 0.05) is 167 Å². The zero-order chi connectivity index (χ0) is 100. The Hall–Kier alpha value is -8.75. The average molecular weight is 2120 g/mol. The number of piperazine rings is 1. The van der Waals surface area contributed by atoms with Crippen molar-refractivity contribution in [2.24, 2.45) is 41.2 Å². The molecule has 0 aromatic heterocycles. The molecule has 20 nitrogen and oxygen atoms in total. The molecular weight excluding hydrogens is 1970 g/mol. The molecule has 0 spiro atoms. The number of rotatable bonds is 22. The largest absolute Gasteiger partial charge is 0.396 e. The maximum Gasteiger partial charge on any atom is 0.220 e. The van der Waals surface area contributed by atoms with Crippen LogP contribution in [0.2, 0.25) is 25.1 Å². The van der Waals surface area contributed by atoms with E-state index in [-0.39, 0.29) is 197 Å². The third-order valence-corrected chi connectivity index (χ3v) is 32.0. The van der Waals surface area contributed by atoms with Crippen LogP contribution in [0.15, 0.2) is 212 Å². The summed E-state index contributed by atoms with van der Waals surface area (Å²) in [4.78, 5) is 18.7. The number of nitrogens with two attached hydrogens (primary N) is 1. The summed E-state index contributed by atoms with van der Waals surface area (Å²) in [5.74, 6) is -0.762. The number of nitrogens with zero attached hydrogens (tertiary/aromatic N) is 3. The first-order chi connectivity index (χ1) is 69.9. The summed E-state index contributed by atoms with van der Waals surface area (Å²) in [6.07, 6.45) is 11.7. The van der Waals surface area contributed by atoms with E-state index in [9.17, 15) is 26.7 Å². The van der Waals surface area contributed by atoms with Gasteiger partial charge in [-0.2, -0.15) is 0 Å². The molecule has 12 N–H and O–H groups in total. The van der Waals surface area contributed by atoms with Crippen LogP contribution in [-0.2, 0) is 28.5 Å². The fourth-order valence-corrected chi connectivity index (χ4v) is 24.8. The molecule has 10 aromatic rings. The summed E-state index contributed by atoms with van der Waals surface area (Å²) in [6.45, 7) is 15.9. The van der Waals surface area contributed by atoms with Gasteiger partial charge in [-0.15, -0.1) is 0 Å². The van der Waals surface area contributed by atoms with Crippen LogP contribution in [0.1, 0.15) is 236 Å². The molecule has 12 heterocycles. The van der Waals surface area contributed by atoms with E-state index in [1.165, 1.54) is 35.9 Å². The zero-order valence-corrected chi connectivity index (χ0v) is 85.5. The lowest BCUT2D eigenvalue weighted by molar-refractivity contribution is -0.124. The number of likely N-dealkylation sites (tertiary alicyclic amines) is 1. The van der Waals surface area contributed by atoms with E-state index < -0.39 is 0 Å². The van der Waals surface area contributed by atoms with E-state index in [1.54, 1.807) is 0 Å². The number of hydrogen-bond acceptors (Lipinski definition) is 19. The highest BCUT2D eigenvalue weighted by molar-refractivity contribution is 6.32. The van der Waals surface area contributed by atoms with Gasteiger partial charge in [0.1, 0.15) is 29.1 Å². The number of primary amides is 1. The van der Waals surface area contributed by atoms with E-state index in [2.05, 4.69) is 139 Å². The van der Waals surface area contributed by atoms with Crippen LogP contribution >= 0.6 is 58.0 Å². The fraction of sp³-hybridized carbons (Fsp3) is 0.479. The Bertz CT molecular complexity index is 5910. The standard InChI is InChI=1S/C25H29ClFN3O2.C24H29ClFN3O.C22H26ClFN2O2.C22H26ClFN2O.C21H24ClFN2O2.3CH4/c26-17-12-20-23(21(27)13-17)29-22(15-4-2-1-3-5-15)19-7-6-18(32-24(19)20)14-30-10-8-16(9-11-30)25(28)31;1-28-9-11-29(12-10-28)15-18-7-8-19-22(16-5-3-2-4-6-16)27-23-20(24(19)30-18)13-17(25)14-21(23)26;23-15-11-18-21(19(24)12-15)26-20(14-5-2-1-3-6-14)17-8-7-16(28-22(17)18)13-25-9-4-10-27;1-13(2)25-12-16-8-9-17-20(14-6-4-3-5-7-14)26-21-18(22(17)27-16)10-15(23)11-19(21)24;22-14-10-17-20(18(23)11-14)25-19(13-4-2-1-3-5-13)16-7-6-15(27-21(16)17)12-24-8-9-26;;;/h1-5,12-13,16,18-19,22,24,29H,6-11,14H2,(H2,28,31);2-6,13-14,18-19,22,24,27H,7-12,15H2,1H3;1-3,5-6,11-12,16-17,20,22,25-27H,4,7-10,13H2;3-7,10-11,13,16-17,20,22,25-26H,8-9,12H2,1-2H3;1-5,10-11,15-16,19,21,24-26H,6-9,12H2;3*1H4/t2*18-,19+,22+,24+;2*16-,17+,20+,22+;15-,16+,19+,21+;;;/m11111.../s1. The van der Waals surface area contributed by atoms with Crippen molar-refractivity contribution in [3.63, 3.8) is 0 Å². The molecule has 792 valence electrons. The normalized spacial score (nSPS) is 27.1. The zero-order valence-electron chi connectivity index (χ0n) is 81.8. The second-order valence-corrected chi connectivity index (χ2v) is 43.1. The monoisotopic (exact) mass is 2120 g/mol. The molecular formula is C117H146Cl5F5N12O8. The number of aliphatic hydroxyl groups is 2. The molecule has 0 bridgehead atoms. The number of nitrogens with one attached hydrogen (secondary N) is 8. The Morgan fingerprint density at radius 3 is 0.884 bits per heavy atom. The summed E-state index contributed by atoms with van der Waals surface area (Å²) in [7, 11) is 2.17. The Morgan fingerprint density at radius 1 is 0.361 bits per heavy atom. The van der Waals surface area contributed by atoms with E-state index in [1.807, 2.05) is 121 Å². The number of anilines is 5. The van der Waals surface area contributed by atoms with Gasteiger partial charge in [0.25, 0.3) is 0 Å². The first-order valence-corrected chi connectivity index (χ1v) is 53.4. The smallest absolute Gasteiger partial charge is 0.220 e. The molecule has 22 rings (SSSR count). The molecule has 12 aliphatic heterocycles. The van der Waals surface area contributed by atoms with Gasteiger partial charge in [-0.25, -0.2) is 22.0 Å². The lowest BCUT2D eigenvalue weighted by Gasteiger charge is -2.46. The number of amides is 1. The maximum absolute atomic E-state index is 14.9. The van der Waals surface area contributed by atoms with Gasteiger partial charge in [0.05, 0.1) is 126 Å². The van der Waals surface area contributed by atoms with Crippen LogP contribution in [0.3, 0.4) is 0 Å². The van der Waals surface area contributed by atoms with Crippen molar-refractivity contribution in [3.8, 4) is 0 Å². The molecule has 1 amide bonds. The van der Waals surface area contributed by atoms with Crippen molar-refractivity contribution >= 4 is 92.3 Å². The highest BCUT2D eigenvalue weighted by atomic mass is 35.5. The molecule has 7 saturated heterocycles. The Balaban J connectivity index is 0.000000137. The van der Waals surface area contributed by atoms with Gasteiger partial charge in [-0.1, -0.05) is 246 Å². The lowest BCUT2D eigenvalue weighted by atomic mass is 9.76. The molecule has 0 radical (unpaired) electrons. The van der Waals surface area contributed by atoms with Gasteiger partial charge in [0.15, 0.2) is 0 Å². The number of carbonyl (C=O) groups is 1. The molecule has 0 aliphatic carbocycles. The number of carbonyl (C=O) groups excluding carboxylic acids is 1. The number of aliphatic hydroxyl groups excluding tert-OH is 2. The highest BCUT2D eigenvalue weighted by Crippen LogP contribution is 2.58. The topological polar surface area (TPSA) is 236 Å². The molecule has 147 heavy (non-hydrogen) atoms. The van der Waals surface area contributed by atoms with Crippen molar-refractivity contribution < 1.29 is 60.6 Å². The van der Waals surface area contributed by atoms with Crippen LogP contribution < -0.4 is 48.3 Å². The fourth-order valence-electron chi connectivity index (χ4n) is 23.8. The highest BCUT2D eigenvalue weighted by Gasteiger charge is 2.50. The second kappa shape index (κ2) is 52.5. The Labute approximate surface area is 889 Å². The molecule has 30 heteroatoms. The van der Waals surface area contributed by atoms with Crippen LogP contribution in [0.25, 0.3) is 0 Å². The third kappa shape index (κ3) is 27.1. The van der Waals surface area contributed by atoms with Crippen LogP contribution in [0, 0.1) is 64.6 Å². The van der Waals surface area contributed by atoms with E-state index in [0.717, 1.165) is 206 Å². The average Bonchev–Trinajstić information content (AvgIpc) is 0.771. The molecule has 0 saturated carbocycles. The molecule has 0 unspecified atom stereocenters. The molecule has 7 fully saturated rings. The van der Waals surface area contributed by atoms with Gasteiger partial charge in [-0.05, 0) is 199 Å². The maximum atomic E-state index is 14.9. The predicted octanol–water partition coefficient (Wildman–Crippen LogP) is 25.3. The first kappa shape index (κ1) is 112. The second-order valence-electron chi connectivity index (χ2n) is 40.9. The number of piperidine rings is 1. The Morgan fingerprint density at radius 2 is 0.619 bits per heavy atom. The van der Waals surface area contributed by atoms with Crippen molar-refractivity contribution in [1.29, 1.82) is 0 Å². The summed E-state index contributed by atoms with van der Waals surface area (Å²) in [6, 6.07) is 67.6. The minimum atomic E-state index is -0.346. The number of fused-ring (bicyclic) bond motifs is 15. The summed E-state index contributed by atoms with van der Waals surface area (Å²) >= 11 is 30.9. The number of benzene rings is 10. The molecule has 10 aromatic carbocycles. The van der Waals surface area contributed by atoms with Crippen LogP contribution in [0.4, 0.5) is 50.4 Å². The van der Waals surface area contributed by atoms with Gasteiger partial charge in [0.2, 0.25) is 5.91 Å². The third-order valence-electron chi connectivity index (χ3n) is 31.0. The predicted molar refractivity (Wildman–Crippen MR) is 583 cm³/mol. The minimum Gasteiger partial charge on any atom is -0.396 e. The minimum absolute atomic E-state index is 0. The van der Waals surface area contributed by atoms with Crippen molar-refractivity contribution in [1.82, 2.24) is 30.7 Å². The van der Waals surface area contributed by atoms with Crippen molar-refractivity contribution in [3.05, 3.63) is 322 Å². The molecule has 12 aliphatic rings. The van der Waals surface area contributed by atoms with Crippen molar-refractivity contribution in [2.45, 2.75) is 217 Å². The number of ether oxygens (including phenoxy) is 5.